The van der Waals surface area contributed by atoms with Crippen molar-refractivity contribution >= 4 is 21.6 Å². The van der Waals surface area contributed by atoms with Gasteiger partial charge in [-0.25, -0.2) is 0 Å². The SMILES string of the molecule is O[C@@H]1[C@H](O)[C@H](Nc2ccc(Br)cc2)OC[C@H]1O. The number of aliphatic hydroxyl groups excluding tert-OH is 3. The molecule has 4 atom stereocenters. The van der Waals surface area contributed by atoms with E-state index in [4.69, 9.17) is 4.74 Å². The molecule has 1 saturated heterocycles. The predicted octanol–water partition coefficient (Wildman–Crippen LogP) is 0.300. The normalized spacial score (nSPS) is 33.4. The van der Waals surface area contributed by atoms with Crippen molar-refractivity contribution in [1.29, 1.82) is 0 Å². The zero-order chi connectivity index (χ0) is 12.4. The fourth-order valence-electron chi connectivity index (χ4n) is 1.64. The second kappa shape index (κ2) is 5.32. The number of halogens is 1. The number of rotatable bonds is 2. The summed E-state index contributed by atoms with van der Waals surface area (Å²) in [7, 11) is 0. The van der Waals surface area contributed by atoms with Crippen LogP contribution in [-0.2, 0) is 4.74 Å². The quantitative estimate of drug-likeness (QED) is 0.632. The molecule has 6 heteroatoms. The van der Waals surface area contributed by atoms with Gasteiger partial charge in [0.1, 0.15) is 18.3 Å². The van der Waals surface area contributed by atoms with Crippen LogP contribution in [0, 0.1) is 0 Å². The molecule has 94 valence electrons. The summed E-state index contributed by atoms with van der Waals surface area (Å²) < 4.78 is 6.17. The van der Waals surface area contributed by atoms with Gasteiger partial charge in [-0.3, -0.25) is 0 Å². The second-order valence-electron chi connectivity index (χ2n) is 3.95. The highest BCUT2D eigenvalue weighted by Crippen LogP contribution is 2.20. The summed E-state index contributed by atoms with van der Waals surface area (Å²) in [6.45, 7) is -0.00752. The maximum Gasteiger partial charge on any atom is 0.156 e. The Morgan fingerprint density at radius 3 is 2.41 bits per heavy atom. The molecule has 0 saturated carbocycles. The van der Waals surface area contributed by atoms with Crippen LogP contribution < -0.4 is 5.32 Å². The zero-order valence-corrected chi connectivity index (χ0v) is 10.5. The molecule has 1 aromatic carbocycles. The molecule has 1 heterocycles. The van der Waals surface area contributed by atoms with E-state index in [0.717, 1.165) is 10.2 Å². The van der Waals surface area contributed by atoms with E-state index in [9.17, 15) is 15.3 Å². The van der Waals surface area contributed by atoms with Crippen molar-refractivity contribution in [3.8, 4) is 0 Å². The lowest BCUT2D eigenvalue weighted by molar-refractivity contribution is -0.178. The monoisotopic (exact) mass is 303 g/mol. The summed E-state index contributed by atoms with van der Waals surface area (Å²) >= 11 is 3.32. The third-order valence-electron chi connectivity index (χ3n) is 2.65. The van der Waals surface area contributed by atoms with Crippen LogP contribution in [0.1, 0.15) is 0 Å². The average Bonchev–Trinajstić information content (AvgIpc) is 2.33. The lowest BCUT2D eigenvalue weighted by Crippen LogP contribution is -2.55. The molecule has 0 aliphatic carbocycles. The minimum atomic E-state index is -1.20. The first-order valence-electron chi connectivity index (χ1n) is 5.26. The highest BCUT2D eigenvalue weighted by Gasteiger charge is 2.37. The Labute approximate surface area is 107 Å². The van der Waals surface area contributed by atoms with E-state index < -0.39 is 24.5 Å². The summed E-state index contributed by atoms with van der Waals surface area (Å²) in [5.74, 6) is 0. The Balaban J connectivity index is 2.01. The molecule has 4 N–H and O–H groups in total. The number of hydrogen-bond acceptors (Lipinski definition) is 5. The summed E-state index contributed by atoms with van der Waals surface area (Å²) in [6, 6.07) is 7.33. The molecule has 0 unspecified atom stereocenters. The van der Waals surface area contributed by atoms with Gasteiger partial charge in [-0.05, 0) is 24.3 Å². The van der Waals surface area contributed by atoms with Crippen LogP contribution in [0.2, 0.25) is 0 Å². The van der Waals surface area contributed by atoms with Crippen molar-refractivity contribution in [3.63, 3.8) is 0 Å². The van der Waals surface area contributed by atoms with Gasteiger partial charge in [0.2, 0.25) is 0 Å². The van der Waals surface area contributed by atoms with Crippen LogP contribution in [0.3, 0.4) is 0 Å². The van der Waals surface area contributed by atoms with Crippen molar-refractivity contribution in [2.75, 3.05) is 11.9 Å². The van der Waals surface area contributed by atoms with Gasteiger partial charge in [-0.1, -0.05) is 15.9 Å². The van der Waals surface area contributed by atoms with E-state index in [2.05, 4.69) is 21.2 Å². The maximum atomic E-state index is 9.72. The summed E-state index contributed by atoms with van der Waals surface area (Å²) in [5.41, 5.74) is 0.765. The Kier molecular flexibility index (Phi) is 4.01. The molecule has 1 fully saturated rings. The minimum absolute atomic E-state index is 0.00752. The van der Waals surface area contributed by atoms with Crippen molar-refractivity contribution in [3.05, 3.63) is 28.7 Å². The lowest BCUT2D eigenvalue weighted by atomic mass is 10.0. The lowest BCUT2D eigenvalue weighted by Gasteiger charge is -2.35. The first-order valence-corrected chi connectivity index (χ1v) is 6.05. The molecule has 0 bridgehead atoms. The molecule has 5 nitrogen and oxygen atoms in total. The highest BCUT2D eigenvalue weighted by atomic mass is 79.9. The highest BCUT2D eigenvalue weighted by molar-refractivity contribution is 9.10. The third kappa shape index (κ3) is 2.97. The van der Waals surface area contributed by atoms with Crippen LogP contribution in [0.4, 0.5) is 5.69 Å². The van der Waals surface area contributed by atoms with Gasteiger partial charge < -0.3 is 25.4 Å². The average molecular weight is 304 g/mol. The van der Waals surface area contributed by atoms with Crippen molar-refractivity contribution < 1.29 is 20.1 Å². The summed E-state index contributed by atoms with van der Waals surface area (Å²) in [5, 5.41) is 31.5. The van der Waals surface area contributed by atoms with E-state index >= 15 is 0 Å². The van der Waals surface area contributed by atoms with Crippen molar-refractivity contribution in [2.45, 2.75) is 24.5 Å². The maximum absolute atomic E-state index is 9.72. The Morgan fingerprint density at radius 2 is 1.76 bits per heavy atom. The Morgan fingerprint density at radius 1 is 1.12 bits per heavy atom. The zero-order valence-electron chi connectivity index (χ0n) is 8.95. The van der Waals surface area contributed by atoms with Crippen LogP contribution in [0.15, 0.2) is 28.7 Å². The molecule has 1 aliphatic rings. The van der Waals surface area contributed by atoms with Crippen LogP contribution in [-0.4, -0.2) is 46.5 Å². The van der Waals surface area contributed by atoms with E-state index in [0.29, 0.717) is 0 Å². The third-order valence-corrected chi connectivity index (χ3v) is 3.18. The predicted molar refractivity (Wildman–Crippen MR) is 65.5 cm³/mol. The van der Waals surface area contributed by atoms with Gasteiger partial charge in [0.15, 0.2) is 6.23 Å². The number of aliphatic hydroxyl groups is 3. The molecular weight excluding hydrogens is 290 g/mol. The number of anilines is 1. The van der Waals surface area contributed by atoms with Gasteiger partial charge in [-0.2, -0.15) is 0 Å². The van der Waals surface area contributed by atoms with E-state index in [1.807, 2.05) is 24.3 Å². The summed E-state index contributed by atoms with van der Waals surface area (Å²) in [6.07, 6.45) is -4.14. The molecule has 1 aliphatic heterocycles. The fourth-order valence-corrected chi connectivity index (χ4v) is 1.91. The van der Waals surface area contributed by atoms with E-state index in [1.165, 1.54) is 0 Å². The van der Waals surface area contributed by atoms with Crippen LogP contribution in [0.25, 0.3) is 0 Å². The molecule has 1 aromatic rings. The van der Waals surface area contributed by atoms with Gasteiger partial charge in [0.25, 0.3) is 0 Å². The van der Waals surface area contributed by atoms with Gasteiger partial charge in [0.05, 0.1) is 6.61 Å². The standard InChI is InChI=1S/C11H14BrNO4/c12-6-1-3-7(4-2-6)13-11-10(16)9(15)8(14)5-17-11/h1-4,8-11,13-16H,5H2/t8-,9+,10+,11-/m1/s1. The molecular formula is C11H14BrNO4. The molecule has 17 heavy (non-hydrogen) atoms. The first-order chi connectivity index (χ1) is 8.08. The van der Waals surface area contributed by atoms with E-state index in [1.54, 1.807) is 0 Å². The molecule has 2 rings (SSSR count). The molecule has 0 aromatic heterocycles. The number of nitrogens with one attached hydrogen (secondary N) is 1. The second-order valence-corrected chi connectivity index (χ2v) is 4.87. The molecule has 0 radical (unpaired) electrons. The molecule has 0 spiro atoms. The van der Waals surface area contributed by atoms with Crippen molar-refractivity contribution in [1.82, 2.24) is 0 Å². The summed E-state index contributed by atoms with van der Waals surface area (Å²) in [4.78, 5) is 0. The largest absolute Gasteiger partial charge is 0.388 e. The Bertz CT molecular complexity index is 372. The fraction of sp³-hybridized carbons (Fsp3) is 0.455. The smallest absolute Gasteiger partial charge is 0.156 e. The Hall–Kier alpha value is -0.660. The first kappa shape index (κ1) is 12.8. The number of ether oxygens (including phenoxy) is 1. The number of benzene rings is 1. The van der Waals surface area contributed by atoms with Crippen molar-refractivity contribution in [2.24, 2.45) is 0 Å². The van der Waals surface area contributed by atoms with Crippen LogP contribution in [0.5, 0.6) is 0 Å². The number of hydrogen-bond donors (Lipinski definition) is 4. The molecule has 0 amide bonds. The van der Waals surface area contributed by atoms with Crippen LogP contribution >= 0.6 is 15.9 Å². The van der Waals surface area contributed by atoms with E-state index in [-0.39, 0.29) is 6.61 Å². The topological polar surface area (TPSA) is 82.0 Å². The minimum Gasteiger partial charge on any atom is -0.388 e. The van der Waals surface area contributed by atoms with Gasteiger partial charge in [-0.15, -0.1) is 0 Å². The van der Waals surface area contributed by atoms with Gasteiger partial charge in [0, 0.05) is 10.2 Å². The van der Waals surface area contributed by atoms with Gasteiger partial charge >= 0.3 is 0 Å².